The Bertz CT molecular complexity index is 844. The molecule has 2 aromatic rings. The molecule has 2 aliphatic rings. The lowest BCUT2D eigenvalue weighted by molar-refractivity contribution is -0.131. The van der Waals surface area contributed by atoms with Gasteiger partial charge in [-0.1, -0.05) is 23.9 Å². The first-order valence-electron chi connectivity index (χ1n) is 9.64. The lowest BCUT2D eigenvalue weighted by atomic mass is 10.1. The van der Waals surface area contributed by atoms with Crippen molar-refractivity contribution in [1.82, 2.24) is 30.4 Å². The zero-order valence-electron chi connectivity index (χ0n) is 15.9. The van der Waals surface area contributed by atoms with Crippen molar-refractivity contribution < 1.29 is 9.59 Å². The Morgan fingerprint density at radius 3 is 2.57 bits per heavy atom. The van der Waals surface area contributed by atoms with Crippen molar-refractivity contribution in [1.29, 1.82) is 0 Å². The number of aryl methyl sites for hydroxylation is 1. The number of hydrogen-bond acceptors (Lipinski definition) is 6. The highest BCUT2D eigenvalue weighted by atomic mass is 32.2. The minimum absolute atomic E-state index is 0.0144. The molecule has 2 aliphatic carbocycles. The van der Waals surface area contributed by atoms with E-state index in [9.17, 15) is 9.59 Å². The molecule has 1 N–H and O–H groups in total. The van der Waals surface area contributed by atoms with Crippen LogP contribution in [-0.4, -0.2) is 54.8 Å². The highest BCUT2D eigenvalue weighted by Crippen LogP contribution is 2.29. The summed E-state index contributed by atoms with van der Waals surface area (Å²) in [4.78, 5) is 26.8. The molecule has 0 aliphatic heterocycles. The first-order valence-corrected chi connectivity index (χ1v) is 10.6. The fraction of sp³-hybridized carbons (Fsp3) is 0.526. The number of aromatic nitrogens is 4. The van der Waals surface area contributed by atoms with E-state index in [1.54, 1.807) is 11.7 Å². The summed E-state index contributed by atoms with van der Waals surface area (Å²) in [5.41, 5.74) is 1.72. The van der Waals surface area contributed by atoms with Crippen LogP contribution < -0.4 is 5.32 Å². The third-order valence-electron chi connectivity index (χ3n) is 4.92. The summed E-state index contributed by atoms with van der Waals surface area (Å²) in [7, 11) is 1.79. The highest BCUT2D eigenvalue weighted by molar-refractivity contribution is 7.99. The number of benzene rings is 1. The van der Waals surface area contributed by atoms with Crippen LogP contribution in [0.3, 0.4) is 0 Å². The van der Waals surface area contributed by atoms with Crippen LogP contribution in [0.4, 0.5) is 0 Å². The van der Waals surface area contributed by atoms with Crippen LogP contribution in [0.1, 0.15) is 48.0 Å². The molecule has 4 rings (SSSR count). The van der Waals surface area contributed by atoms with Crippen molar-refractivity contribution in [3.8, 4) is 0 Å². The quantitative estimate of drug-likeness (QED) is 0.645. The van der Waals surface area contributed by atoms with Crippen LogP contribution in [0.25, 0.3) is 0 Å². The summed E-state index contributed by atoms with van der Waals surface area (Å²) in [6, 6.07) is 8.28. The molecule has 0 saturated heterocycles. The molecule has 148 valence electrons. The van der Waals surface area contributed by atoms with Crippen molar-refractivity contribution in [2.45, 2.75) is 55.9 Å². The largest absolute Gasteiger partial charge is 0.349 e. The third kappa shape index (κ3) is 4.89. The molecule has 8 nitrogen and oxygen atoms in total. The molecule has 1 aromatic heterocycles. The van der Waals surface area contributed by atoms with E-state index < -0.39 is 0 Å². The van der Waals surface area contributed by atoms with Crippen LogP contribution in [-0.2, 0) is 18.4 Å². The minimum atomic E-state index is -0.0144. The number of amides is 2. The van der Waals surface area contributed by atoms with E-state index in [0.29, 0.717) is 41.5 Å². The van der Waals surface area contributed by atoms with Gasteiger partial charge in [0.1, 0.15) is 0 Å². The molecule has 0 spiro atoms. The average Bonchev–Trinajstić information content (AvgIpc) is 3.61. The smallest absolute Gasteiger partial charge is 0.251 e. The van der Waals surface area contributed by atoms with E-state index in [0.717, 1.165) is 31.2 Å². The molecule has 1 heterocycles. The zero-order valence-corrected chi connectivity index (χ0v) is 16.7. The fourth-order valence-electron chi connectivity index (χ4n) is 2.98. The molecular weight excluding hydrogens is 376 g/mol. The van der Waals surface area contributed by atoms with Gasteiger partial charge in [-0.2, -0.15) is 0 Å². The summed E-state index contributed by atoms with van der Waals surface area (Å²) in [5, 5.41) is 15.0. The van der Waals surface area contributed by atoms with E-state index in [4.69, 9.17) is 0 Å². The number of tetrazole rings is 1. The monoisotopic (exact) mass is 400 g/mol. The van der Waals surface area contributed by atoms with Crippen molar-refractivity contribution >= 4 is 23.6 Å². The summed E-state index contributed by atoms with van der Waals surface area (Å²) in [6.45, 7) is 0.588. The highest BCUT2D eigenvalue weighted by Gasteiger charge is 2.32. The molecule has 0 atom stereocenters. The summed E-state index contributed by atoms with van der Waals surface area (Å²) < 4.78 is 1.61. The van der Waals surface area contributed by atoms with Gasteiger partial charge >= 0.3 is 0 Å². The lowest BCUT2D eigenvalue weighted by Gasteiger charge is -2.22. The maximum atomic E-state index is 12.7. The molecule has 0 unspecified atom stereocenters. The van der Waals surface area contributed by atoms with Crippen LogP contribution >= 0.6 is 11.8 Å². The second kappa shape index (κ2) is 8.30. The normalized spacial score (nSPS) is 16.0. The first kappa shape index (κ1) is 18.9. The van der Waals surface area contributed by atoms with E-state index >= 15 is 0 Å². The Labute approximate surface area is 168 Å². The number of nitrogens with one attached hydrogen (secondary N) is 1. The van der Waals surface area contributed by atoms with Gasteiger partial charge in [0.2, 0.25) is 11.1 Å². The summed E-state index contributed by atoms with van der Waals surface area (Å²) in [5.74, 6) is 0.788. The molecule has 9 heteroatoms. The number of hydrogen-bond donors (Lipinski definition) is 1. The van der Waals surface area contributed by atoms with Crippen LogP contribution in [0, 0.1) is 0 Å². The molecule has 0 bridgehead atoms. The predicted octanol–water partition coefficient (Wildman–Crippen LogP) is 1.78. The number of carbonyl (C=O) groups is 2. The maximum Gasteiger partial charge on any atom is 0.251 e. The second-order valence-electron chi connectivity index (χ2n) is 7.38. The summed E-state index contributed by atoms with van der Waals surface area (Å²) in [6.07, 6.45) is 4.74. The van der Waals surface area contributed by atoms with Gasteiger partial charge in [0.15, 0.2) is 0 Å². The van der Waals surface area contributed by atoms with E-state index in [2.05, 4.69) is 20.8 Å². The number of carbonyl (C=O) groups excluding carboxylic acids is 2. The van der Waals surface area contributed by atoms with Crippen molar-refractivity contribution in [3.63, 3.8) is 0 Å². The third-order valence-corrected chi connectivity index (χ3v) is 5.93. The molecule has 28 heavy (non-hydrogen) atoms. The maximum absolute atomic E-state index is 12.7. The molecule has 1 aromatic carbocycles. The van der Waals surface area contributed by atoms with Gasteiger partial charge in [-0.15, -0.1) is 5.10 Å². The van der Waals surface area contributed by atoms with Gasteiger partial charge in [-0.25, -0.2) is 4.68 Å². The summed E-state index contributed by atoms with van der Waals surface area (Å²) >= 11 is 1.49. The van der Waals surface area contributed by atoms with Gasteiger partial charge in [0.05, 0.1) is 0 Å². The van der Waals surface area contributed by atoms with Crippen molar-refractivity contribution in [2.75, 3.05) is 5.75 Å². The standard InChI is InChI=1S/C19H24N6O2S/c1-24-19(21-22-23-24)28-11-10-17(26)25(16-8-9-16)12-13-2-4-14(5-3-13)18(27)20-15-6-7-15/h2-5,15-16H,6-12H2,1H3,(H,20,27). The fourth-order valence-corrected chi connectivity index (χ4v) is 3.76. The second-order valence-corrected chi connectivity index (χ2v) is 8.44. The Kier molecular flexibility index (Phi) is 5.61. The van der Waals surface area contributed by atoms with Gasteiger partial charge in [-0.3, -0.25) is 9.59 Å². The molecular formula is C19H24N6O2S. The zero-order chi connectivity index (χ0) is 19.5. The Hall–Kier alpha value is -2.42. The Morgan fingerprint density at radius 1 is 1.21 bits per heavy atom. The van der Waals surface area contributed by atoms with Gasteiger partial charge in [0, 0.05) is 43.4 Å². The molecule has 2 amide bonds. The van der Waals surface area contributed by atoms with Crippen molar-refractivity contribution in [2.24, 2.45) is 7.05 Å². The molecule has 0 radical (unpaired) electrons. The van der Waals surface area contributed by atoms with Gasteiger partial charge < -0.3 is 10.2 Å². The number of rotatable bonds is 9. The van der Waals surface area contributed by atoms with Crippen molar-refractivity contribution in [3.05, 3.63) is 35.4 Å². The van der Waals surface area contributed by atoms with E-state index in [1.807, 2.05) is 29.2 Å². The predicted molar refractivity (Wildman–Crippen MR) is 105 cm³/mol. The first-order chi connectivity index (χ1) is 13.6. The number of thioether (sulfide) groups is 1. The van der Waals surface area contributed by atoms with Crippen LogP contribution in [0.2, 0.25) is 0 Å². The van der Waals surface area contributed by atoms with E-state index in [-0.39, 0.29) is 11.8 Å². The minimum Gasteiger partial charge on any atom is -0.349 e. The Morgan fingerprint density at radius 2 is 1.96 bits per heavy atom. The number of nitrogens with zero attached hydrogens (tertiary/aromatic N) is 5. The van der Waals surface area contributed by atoms with Crippen LogP contribution in [0.5, 0.6) is 0 Å². The Balaban J connectivity index is 1.30. The SMILES string of the molecule is Cn1nnnc1SCCC(=O)N(Cc1ccc(C(=O)NC2CC2)cc1)C1CC1. The molecule has 2 saturated carbocycles. The van der Waals surface area contributed by atoms with Gasteiger partial charge in [-0.05, 0) is 53.8 Å². The average molecular weight is 401 g/mol. The van der Waals surface area contributed by atoms with E-state index in [1.165, 1.54) is 11.8 Å². The van der Waals surface area contributed by atoms with Gasteiger partial charge in [0.25, 0.3) is 5.91 Å². The lowest BCUT2D eigenvalue weighted by Crippen LogP contribution is -2.32. The van der Waals surface area contributed by atoms with Crippen LogP contribution in [0.15, 0.2) is 29.4 Å². The molecule has 2 fully saturated rings. The topological polar surface area (TPSA) is 93.0 Å².